The number of aryl methyl sites for hydroxylation is 2. The molecule has 1 saturated heterocycles. The Bertz CT molecular complexity index is 1160. The number of amides is 2. The second-order valence-corrected chi connectivity index (χ2v) is 9.65. The number of carbonyl (C=O) groups is 3. The van der Waals surface area contributed by atoms with E-state index in [1.165, 1.54) is 4.90 Å². The Labute approximate surface area is 187 Å². The van der Waals surface area contributed by atoms with Crippen LogP contribution in [0, 0.1) is 49.4 Å². The quantitative estimate of drug-likeness (QED) is 0.409. The number of nitrogens with zero attached hydrogens (tertiary/aromatic N) is 1. The summed E-state index contributed by atoms with van der Waals surface area (Å²) in [4.78, 5) is 40.9. The van der Waals surface area contributed by atoms with Crippen LogP contribution in [0.4, 0.5) is 5.69 Å². The average Bonchev–Trinajstić information content (AvgIpc) is 3.58. The lowest BCUT2D eigenvalue weighted by Crippen LogP contribution is -2.40. The van der Waals surface area contributed by atoms with Crippen molar-refractivity contribution in [3.05, 3.63) is 71.3 Å². The highest BCUT2D eigenvalue weighted by Crippen LogP contribution is 2.65. The van der Waals surface area contributed by atoms with E-state index in [1.807, 2.05) is 26.0 Å². The maximum absolute atomic E-state index is 13.4. The summed E-state index contributed by atoms with van der Waals surface area (Å²) >= 11 is 0. The van der Waals surface area contributed by atoms with Gasteiger partial charge in [-0.1, -0.05) is 36.4 Å². The molecule has 0 spiro atoms. The summed E-state index contributed by atoms with van der Waals surface area (Å²) in [5, 5.41) is 0. The van der Waals surface area contributed by atoms with Gasteiger partial charge >= 0.3 is 0 Å². The monoisotopic (exact) mass is 427 g/mol. The van der Waals surface area contributed by atoms with Crippen LogP contribution >= 0.6 is 0 Å². The molecule has 6 unspecified atom stereocenters. The van der Waals surface area contributed by atoms with Crippen molar-refractivity contribution in [1.82, 2.24) is 0 Å². The van der Waals surface area contributed by atoms with Crippen molar-refractivity contribution < 1.29 is 19.1 Å². The van der Waals surface area contributed by atoms with Gasteiger partial charge in [-0.15, -0.1) is 0 Å². The third kappa shape index (κ3) is 2.73. The lowest BCUT2D eigenvalue weighted by Gasteiger charge is -2.37. The number of anilines is 1. The Kier molecular flexibility index (Phi) is 4.19. The molecule has 5 aliphatic rings. The Morgan fingerprint density at radius 2 is 1.59 bits per heavy atom. The van der Waals surface area contributed by atoms with Crippen LogP contribution in [-0.2, 0) is 9.59 Å². The summed E-state index contributed by atoms with van der Waals surface area (Å²) in [6, 6.07) is 12.6. The molecule has 4 aliphatic carbocycles. The molecule has 7 rings (SSSR count). The van der Waals surface area contributed by atoms with E-state index in [0.29, 0.717) is 28.8 Å². The molecular formula is C27H25NO4. The second-order valence-electron chi connectivity index (χ2n) is 9.65. The van der Waals surface area contributed by atoms with Gasteiger partial charge in [0.05, 0.1) is 17.5 Å². The molecule has 1 aliphatic heterocycles. The third-order valence-corrected chi connectivity index (χ3v) is 7.96. The van der Waals surface area contributed by atoms with Crippen LogP contribution in [-0.4, -0.2) is 24.2 Å². The van der Waals surface area contributed by atoms with Gasteiger partial charge in [0.2, 0.25) is 11.8 Å². The SMILES string of the molecule is Cc1ccc(C(=O)COc2ccccc2N2C(=O)C3C4C=CC(C5CC45)C3C2=O)cc1C. The molecular weight excluding hydrogens is 402 g/mol. The van der Waals surface area contributed by atoms with Crippen molar-refractivity contribution in [2.75, 3.05) is 11.5 Å². The summed E-state index contributed by atoms with van der Waals surface area (Å²) in [6.45, 7) is 3.82. The standard InChI is InChI=1S/C27H25NO4/c1-14-7-8-16(11-15(14)2)22(29)13-32-23-6-4-3-5-21(23)28-26(30)24-17-9-10-18(20-12-19(17)20)25(24)27(28)31/h3-11,17-20,24-25H,12-13H2,1-2H3. The van der Waals surface area contributed by atoms with Crippen LogP contribution in [0.1, 0.15) is 27.9 Å². The highest BCUT2D eigenvalue weighted by molar-refractivity contribution is 6.23. The molecule has 0 radical (unpaired) electrons. The molecule has 2 aromatic rings. The van der Waals surface area contributed by atoms with Gasteiger partial charge in [-0.25, -0.2) is 4.90 Å². The number of hydrogen-bond acceptors (Lipinski definition) is 4. The molecule has 3 fully saturated rings. The summed E-state index contributed by atoms with van der Waals surface area (Å²) in [5.41, 5.74) is 3.21. The molecule has 6 atom stereocenters. The number of Topliss-reactive ketones (excluding diaryl/α,β-unsaturated/α-hetero) is 1. The fraction of sp³-hybridized carbons (Fsp3) is 0.370. The molecule has 0 N–H and O–H groups in total. The predicted molar refractivity (Wildman–Crippen MR) is 119 cm³/mol. The molecule has 0 aromatic heterocycles. The van der Waals surface area contributed by atoms with Gasteiger partial charge in [-0.05, 0) is 73.3 Å². The fourth-order valence-corrected chi connectivity index (χ4v) is 6.10. The van der Waals surface area contributed by atoms with Crippen LogP contribution < -0.4 is 9.64 Å². The van der Waals surface area contributed by atoms with Crippen molar-refractivity contribution in [3.63, 3.8) is 0 Å². The van der Waals surface area contributed by atoms with E-state index in [9.17, 15) is 14.4 Å². The summed E-state index contributed by atoms with van der Waals surface area (Å²) in [6.07, 6.45) is 5.47. The van der Waals surface area contributed by atoms with Crippen molar-refractivity contribution in [1.29, 1.82) is 0 Å². The van der Waals surface area contributed by atoms with Crippen LogP contribution in [0.15, 0.2) is 54.6 Å². The maximum atomic E-state index is 13.4. The Hall–Kier alpha value is -3.21. The number of benzene rings is 2. The molecule has 5 nitrogen and oxygen atoms in total. The number of rotatable bonds is 5. The van der Waals surface area contributed by atoms with Crippen molar-refractivity contribution in [3.8, 4) is 5.75 Å². The topological polar surface area (TPSA) is 63.7 Å². The average molecular weight is 428 g/mol. The van der Waals surface area contributed by atoms with Gasteiger partial charge in [0, 0.05) is 5.56 Å². The number of allylic oxidation sites excluding steroid dienone is 2. The van der Waals surface area contributed by atoms with Gasteiger partial charge in [-0.3, -0.25) is 14.4 Å². The number of ether oxygens (including phenoxy) is 1. The van der Waals surface area contributed by atoms with Crippen LogP contribution in [0.25, 0.3) is 0 Å². The van der Waals surface area contributed by atoms with Crippen LogP contribution in [0.5, 0.6) is 5.75 Å². The van der Waals surface area contributed by atoms with Crippen molar-refractivity contribution in [2.24, 2.45) is 35.5 Å². The smallest absolute Gasteiger partial charge is 0.238 e. The first-order valence-electron chi connectivity index (χ1n) is 11.3. The zero-order chi connectivity index (χ0) is 22.1. The molecule has 162 valence electrons. The number of imide groups is 1. The molecule has 2 aromatic carbocycles. The van der Waals surface area contributed by atoms with E-state index < -0.39 is 0 Å². The maximum Gasteiger partial charge on any atom is 0.238 e. The third-order valence-electron chi connectivity index (χ3n) is 7.96. The van der Waals surface area contributed by atoms with Crippen LogP contribution in [0.2, 0.25) is 0 Å². The fourth-order valence-electron chi connectivity index (χ4n) is 6.10. The Morgan fingerprint density at radius 1 is 0.938 bits per heavy atom. The lowest BCUT2D eigenvalue weighted by atomic mass is 9.63. The van der Waals surface area contributed by atoms with E-state index in [1.54, 1.807) is 30.3 Å². The molecule has 2 amide bonds. The molecule has 32 heavy (non-hydrogen) atoms. The van der Waals surface area contributed by atoms with Gasteiger partial charge < -0.3 is 4.74 Å². The van der Waals surface area contributed by atoms with E-state index in [0.717, 1.165) is 17.5 Å². The minimum Gasteiger partial charge on any atom is -0.483 e. The second kappa shape index (κ2) is 6.89. The molecule has 1 heterocycles. The van der Waals surface area contributed by atoms with Gasteiger partial charge in [0.25, 0.3) is 0 Å². The first kappa shape index (κ1) is 19.5. The van der Waals surface area contributed by atoms with E-state index in [-0.39, 0.29) is 47.9 Å². The summed E-state index contributed by atoms with van der Waals surface area (Å²) in [7, 11) is 0. The highest BCUT2D eigenvalue weighted by atomic mass is 16.5. The molecule has 2 saturated carbocycles. The van der Waals surface area contributed by atoms with E-state index in [2.05, 4.69) is 12.2 Å². The summed E-state index contributed by atoms with van der Waals surface area (Å²) < 4.78 is 5.87. The van der Waals surface area contributed by atoms with Crippen molar-refractivity contribution in [2.45, 2.75) is 20.3 Å². The molecule has 2 bridgehead atoms. The predicted octanol–water partition coefficient (Wildman–Crippen LogP) is 4.12. The van der Waals surface area contributed by atoms with Gasteiger partial charge in [-0.2, -0.15) is 0 Å². The molecule has 5 heteroatoms. The Balaban J connectivity index is 1.25. The number of carbonyl (C=O) groups excluding carboxylic acids is 3. The number of hydrogen-bond donors (Lipinski definition) is 0. The largest absolute Gasteiger partial charge is 0.483 e. The van der Waals surface area contributed by atoms with Gasteiger partial charge in [0.1, 0.15) is 5.75 Å². The minimum atomic E-state index is -0.258. The van der Waals surface area contributed by atoms with Crippen LogP contribution in [0.3, 0.4) is 0 Å². The normalized spacial score (nSPS) is 31.5. The minimum absolute atomic E-state index is 0.124. The zero-order valence-electron chi connectivity index (χ0n) is 18.2. The van der Waals surface area contributed by atoms with E-state index in [4.69, 9.17) is 4.74 Å². The highest BCUT2D eigenvalue weighted by Gasteiger charge is 2.67. The van der Waals surface area contributed by atoms with Crippen molar-refractivity contribution >= 4 is 23.3 Å². The Morgan fingerprint density at radius 3 is 2.25 bits per heavy atom. The first-order chi connectivity index (χ1) is 15.5. The number of ketones is 1. The first-order valence-corrected chi connectivity index (χ1v) is 11.3. The van der Waals surface area contributed by atoms with Gasteiger partial charge in [0.15, 0.2) is 12.4 Å². The zero-order valence-corrected chi connectivity index (χ0v) is 18.2. The summed E-state index contributed by atoms with van der Waals surface area (Å²) in [5.74, 6) is 0.954. The lowest BCUT2D eigenvalue weighted by molar-refractivity contribution is -0.124. The number of para-hydroxylation sites is 2. The van der Waals surface area contributed by atoms with E-state index >= 15 is 0 Å².